The van der Waals surface area contributed by atoms with E-state index >= 15 is 0 Å². The molecule has 0 bridgehead atoms. The highest BCUT2D eigenvalue weighted by atomic mass is 35.5. The zero-order chi connectivity index (χ0) is 20.8. The molecule has 0 saturated heterocycles. The lowest BCUT2D eigenvalue weighted by Crippen LogP contribution is -2.37. The first-order chi connectivity index (χ1) is 14.0. The molecule has 0 aliphatic heterocycles. The van der Waals surface area contributed by atoms with E-state index in [2.05, 4.69) is 39.9 Å². The van der Waals surface area contributed by atoms with Gasteiger partial charge < -0.3 is 15.4 Å². The molecule has 1 aliphatic carbocycles. The van der Waals surface area contributed by atoms with Crippen LogP contribution in [0.1, 0.15) is 49.6 Å². The lowest BCUT2D eigenvalue weighted by molar-refractivity contribution is -0.126. The number of carbonyl (C=O) groups is 1. The molecule has 1 saturated carbocycles. The zero-order valence-electron chi connectivity index (χ0n) is 18.9. The van der Waals surface area contributed by atoms with Gasteiger partial charge in [0.25, 0.3) is 0 Å². The highest BCUT2D eigenvalue weighted by Crippen LogP contribution is 2.29. The molecule has 1 aromatic heterocycles. The van der Waals surface area contributed by atoms with Crippen LogP contribution in [0, 0.1) is 19.8 Å². The van der Waals surface area contributed by atoms with Crippen LogP contribution in [0.5, 0.6) is 5.75 Å². The van der Waals surface area contributed by atoms with Gasteiger partial charge in [-0.3, -0.25) is 9.78 Å². The molecular weight excluding hydrogens is 433 g/mol. The third-order valence-electron chi connectivity index (χ3n) is 5.73. The number of amides is 1. The van der Waals surface area contributed by atoms with Crippen LogP contribution >= 0.6 is 24.8 Å². The Morgan fingerprint density at radius 2 is 1.68 bits per heavy atom. The Hall–Kier alpha value is -1.82. The number of rotatable bonds is 7. The summed E-state index contributed by atoms with van der Waals surface area (Å²) in [6, 6.07) is 10.9. The lowest BCUT2D eigenvalue weighted by atomic mass is 9.85. The smallest absolute Gasteiger partial charge is 0.223 e. The molecule has 7 heteroatoms. The second-order valence-electron chi connectivity index (χ2n) is 7.95. The second-order valence-corrected chi connectivity index (χ2v) is 7.95. The van der Waals surface area contributed by atoms with Crippen molar-refractivity contribution >= 4 is 30.7 Å². The first-order valence-corrected chi connectivity index (χ1v) is 10.7. The summed E-state index contributed by atoms with van der Waals surface area (Å²) < 4.78 is 5.81. The molecule has 0 radical (unpaired) electrons. The Kier molecular flexibility index (Phi) is 11.3. The predicted molar refractivity (Wildman–Crippen MR) is 131 cm³/mol. The fourth-order valence-electron chi connectivity index (χ4n) is 4.17. The van der Waals surface area contributed by atoms with E-state index in [1.807, 2.05) is 33.9 Å². The van der Waals surface area contributed by atoms with Crippen LogP contribution in [0.3, 0.4) is 0 Å². The van der Waals surface area contributed by atoms with Crippen molar-refractivity contribution in [3.63, 3.8) is 0 Å². The van der Waals surface area contributed by atoms with Crippen LogP contribution in [0.25, 0.3) is 11.1 Å². The van der Waals surface area contributed by atoms with E-state index < -0.39 is 0 Å². The van der Waals surface area contributed by atoms with Gasteiger partial charge in [-0.1, -0.05) is 6.07 Å². The molecule has 1 aromatic carbocycles. The van der Waals surface area contributed by atoms with Crippen molar-refractivity contribution in [2.75, 3.05) is 13.7 Å². The van der Waals surface area contributed by atoms with Crippen LogP contribution < -0.4 is 15.4 Å². The van der Waals surface area contributed by atoms with E-state index in [9.17, 15) is 4.79 Å². The standard InChI is InChI=1S/C24H33N3O2.2ClH/c1-5-29-23-11-8-19(20-12-16(2)27-17(3)13-20)14-21(23)15-26-24(28)18-6-9-22(25-4)10-7-18;;/h8,11-14,18,22,25H,5-7,9-10,15H2,1-4H3,(H,26,28);2*1H. The highest BCUT2D eigenvalue weighted by molar-refractivity contribution is 5.85. The molecule has 3 rings (SSSR count). The van der Waals surface area contributed by atoms with E-state index in [0.29, 0.717) is 19.2 Å². The summed E-state index contributed by atoms with van der Waals surface area (Å²) in [6.45, 7) is 7.08. The summed E-state index contributed by atoms with van der Waals surface area (Å²) in [5.41, 5.74) is 5.26. The number of halogens is 2. The number of hydrogen-bond donors (Lipinski definition) is 2. The molecule has 1 fully saturated rings. The second kappa shape index (κ2) is 12.9. The van der Waals surface area contributed by atoms with Gasteiger partial charge in [-0.2, -0.15) is 0 Å². The van der Waals surface area contributed by atoms with Gasteiger partial charge in [-0.15, -0.1) is 24.8 Å². The summed E-state index contributed by atoms with van der Waals surface area (Å²) in [7, 11) is 2.00. The number of pyridine rings is 1. The molecule has 0 spiro atoms. The molecule has 172 valence electrons. The van der Waals surface area contributed by atoms with Crippen molar-refractivity contribution in [1.82, 2.24) is 15.6 Å². The third kappa shape index (κ3) is 7.37. The van der Waals surface area contributed by atoms with Gasteiger partial charge >= 0.3 is 0 Å². The molecule has 31 heavy (non-hydrogen) atoms. The zero-order valence-corrected chi connectivity index (χ0v) is 20.5. The Labute approximate surface area is 198 Å². The minimum Gasteiger partial charge on any atom is -0.494 e. The van der Waals surface area contributed by atoms with E-state index in [4.69, 9.17) is 4.74 Å². The first-order valence-electron chi connectivity index (χ1n) is 10.7. The number of hydrogen-bond acceptors (Lipinski definition) is 4. The van der Waals surface area contributed by atoms with Crippen molar-refractivity contribution in [2.45, 2.75) is 59.0 Å². The maximum atomic E-state index is 12.7. The van der Waals surface area contributed by atoms with Crippen LogP contribution in [0.15, 0.2) is 30.3 Å². The lowest BCUT2D eigenvalue weighted by Gasteiger charge is -2.27. The Morgan fingerprint density at radius 1 is 1.03 bits per heavy atom. The Morgan fingerprint density at radius 3 is 2.26 bits per heavy atom. The number of nitrogens with zero attached hydrogens (tertiary/aromatic N) is 1. The van der Waals surface area contributed by atoms with Crippen LogP contribution in [-0.4, -0.2) is 30.6 Å². The molecule has 1 aliphatic rings. The molecule has 2 aromatic rings. The van der Waals surface area contributed by atoms with Crippen molar-refractivity contribution < 1.29 is 9.53 Å². The largest absolute Gasteiger partial charge is 0.494 e. The number of carbonyl (C=O) groups excluding carboxylic acids is 1. The minimum atomic E-state index is 0. The monoisotopic (exact) mass is 467 g/mol. The Balaban J connectivity index is 0.00000240. The number of ether oxygens (including phenoxy) is 1. The van der Waals surface area contributed by atoms with Gasteiger partial charge in [0.15, 0.2) is 0 Å². The molecule has 0 unspecified atom stereocenters. The van der Waals surface area contributed by atoms with Gasteiger partial charge in [0.05, 0.1) is 6.61 Å². The maximum absolute atomic E-state index is 12.7. The summed E-state index contributed by atoms with van der Waals surface area (Å²) in [5.74, 6) is 1.10. The number of aryl methyl sites for hydroxylation is 2. The number of aromatic nitrogens is 1. The van der Waals surface area contributed by atoms with E-state index in [0.717, 1.165) is 59.5 Å². The fraction of sp³-hybridized carbons (Fsp3) is 0.500. The van der Waals surface area contributed by atoms with Crippen molar-refractivity contribution in [2.24, 2.45) is 5.92 Å². The normalized spacial score (nSPS) is 17.8. The topological polar surface area (TPSA) is 63.2 Å². The SMILES string of the molecule is CCOc1ccc(-c2cc(C)nc(C)c2)cc1CNC(=O)C1CCC(NC)CC1.Cl.Cl. The highest BCUT2D eigenvalue weighted by Gasteiger charge is 2.25. The van der Waals surface area contributed by atoms with E-state index in [1.54, 1.807) is 0 Å². The maximum Gasteiger partial charge on any atom is 0.223 e. The van der Waals surface area contributed by atoms with Gasteiger partial charge in [0.1, 0.15) is 5.75 Å². The Bertz CT molecular complexity index is 832. The average molecular weight is 468 g/mol. The molecule has 5 nitrogen and oxygen atoms in total. The quantitative estimate of drug-likeness (QED) is 0.600. The summed E-state index contributed by atoms with van der Waals surface area (Å²) >= 11 is 0. The fourth-order valence-corrected chi connectivity index (χ4v) is 4.17. The molecule has 1 heterocycles. The molecule has 0 atom stereocenters. The van der Waals surface area contributed by atoms with Gasteiger partial charge in [0, 0.05) is 35.5 Å². The third-order valence-corrected chi connectivity index (χ3v) is 5.73. The van der Waals surface area contributed by atoms with E-state index in [-0.39, 0.29) is 36.6 Å². The van der Waals surface area contributed by atoms with Crippen LogP contribution in [-0.2, 0) is 11.3 Å². The van der Waals surface area contributed by atoms with Crippen LogP contribution in [0.4, 0.5) is 0 Å². The van der Waals surface area contributed by atoms with Crippen molar-refractivity contribution in [3.8, 4) is 16.9 Å². The van der Waals surface area contributed by atoms with E-state index in [1.165, 1.54) is 0 Å². The minimum absolute atomic E-state index is 0. The molecular formula is C24H35Cl2N3O2. The predicted octanol–water partition coefficient (Wildman–Crippen LogP) is 5.00. The molecule has 2 N–H and O–H groups in total. The first kappa shape index (κ1) is 27.2. The van der Waals surface area contributed by atoms with Crippen molar-refractivity contribution in [1.29, 1.82) is 0 Å². The van der Waals surface area contributed by atoms with Gasteiger partial charge in [0.2, 0.25) is 5.91 Å². The average Bonchev–Trinajstić information content (AvgIpc) is 2.72. The number of nitrogens with one attached hydrogen (secondary N) is 2. The van der Waals surface area contributed by atoms with Gasteiger partial charge in [-0.05, 0) is 88.9 Å². The van der Waals surface area contributed by atoms with Crippen LogP contribution in [0.2, 0.25) is 0 Å². The summed E-state index contributed by atoms with van der Waals surface area (Å²) in [4.78, 5) is 17.2. The summed E-state index contributed by atoms with van der Waals surface area (Å²) in [6.07, 6.45) is 4.03. The van der Waals surface area contributed by atoms with Gasteiger partial charge in [-0.25, -0.2) is 0 Å². The number of benzene rings is 1. The molecule has 1 amide bonds. The summed E-state index contributed by atoms with van der Waals surface area (Å²) in [5, 5.41) is 6.47. The van der Waals surface area contributed by atoms with Crippen molar-refractivity contribution in [3.05, 3.63) is 47.3 Å².